The highest BCUT2D eigenvalue weighted by Gasteiger charge is 2.18. The van der Waals surface area contributed by atoms with Gasteiger partial charge in [-0.2, -0.15) is 0 Å². The Kier molecular flexibility index (Phi) is 5.99. The smallest absolute Gasteiger partial charge is 0.209 e. The van der Waals surface area contributed by atoms with Crippen molar-refractivity contribution >= 4 is 40.2 Å². The number of aryl methyl sites for hydroxylation is 1. The molecule has 1 aliphatic heterocycles. The van der Waals surface area contributed by atoms with E-state index in [2.05, 4.69) is 62.5 Å². The second kappa shape index (κ2) is 8.81. The molecule has 146 valence electrons. The van der Waals surface area contributed by atoms with E-state index < -0.39 is 0 Å². The lowest BCUT2D eigenvalue weighted by molar-refractivity contribution is 0.195. The Labute approximate surface area is 174 Å². The predicted octanol–water partition coefficient (Wildman–Crippen LogP) is 4.15. The van der Waals surface area contributed by atoms with Crippen LogP contribution in [0.1, 0.15) is 12.5 Å². The topological polar surface area (TPSA) is 49.2 Å². The largest absolute Gasteiger partial charge is 0.354 e. The molecule has 1 aromatic carbocycles. The standard InChI is InChI=1S/C20H24N6S2/c1-2-16-6-8-17(9-7-16)22-19-23-26(20(27)28-19)15-24-11-13-25(14-12-24)18-5-3-4-10-21-18/h3-10H,2,11-15H2,1H3,(H,22,23). The molecule has 1 saturated heterocycles. The molecule has 1 N–H and O–H groups in total. The van der Waals surface area contributed by atoms with Gasteiger partial charge in [-0.15, -0.1) is 5.10 Å². The maximum Gasteiger partial charge on any atom is 0.209 e. The van der Waals surface area contributed by atoms with Gasteiger partial charge in [0.05, 0.1) is 6.67 Å². The molecule has 1 fully saturated rings. The summed E-state index contributed by atoms with van der Waals surface area (Å²) in [6, 6.07) is 14.5. The van der Waals surface area contributed by atoms with E-state index in [0.717, 1.165) is 59.9 Å². The van der Waals surface area contributed by atoms with Crippen LogP contribution in [0.5, 0.6) is 0 Å². The molecule has 1 aliphatic rings. The molecule has 0 amide bonds. The highest BCUT2D eigenvalue weighted by Crippen LogP contribution is 2.21. The minimum atomic E-state index is 0.724. The molecular formula is C20H24N6S2. The molecule has 3 aromatic rings. The Hall–Kier alpha value is -2.29. The van der Waals surface area contributed by atoms with Crippen LogP contribution in [0.2, 0.25) is 0 Å². The van der Waals surface area contributed by atoms with Crippen molar-refractivity contribution < 1.29 is 0 Å². The molecule has 28 heavy (non-hydrogen) atoms. The lowest BCUT2D eigenvalue weighted by atomic mass is 10.1. The van der Waals surface area contributed by atoms with Gasteiger partial charge in [-0.1, -0.05) is 36.5 Å². The summed E-state index contributed by atoms with van der Waals surface area (Å²) in [5, 5.41) is 8.87. The third-order valence-corrected chi connectivity index (χ3v) is 6.12. The lowest BCUT2D eigenvalue weighted by Crippen LogP contribution is -2.47. The summed E-state index contributed by atoms with van der Waals surface area (Å²) < 4.78 is 2.71. The first-order valence-electron chi connectivity index (χ1n) is 9.53. The van der Waals surface area contributed by atoms with Crippen molar-refractivity contribution in [1.29, 1.82) is 0 Å². The third kappa shape index (κ3) is 4.57. The van der Waals surface area contributed by atoms with Crippen molar-refractivity contribution in [3.63, 3.8) is 0 Å². The van der Waals surface area contributed by atoms with E-state index in [9.17, 15) is 0 Å². The number of benzene rings is 1. The van der Waals surface area contributed by atoms with Crippen molar-refractivity contribution in [1.82, 2.24) is 19.7 Å². The van der Waals surface area contributed by atoms with E-state index in [0.29, 0.717) is 0 Å². The SMILES string of the molecule is CCc1ccc(Nc2nn(CN3CCN(c4ccccn4)CC3)c(=S)s2)cc1. The maximum atomic E-state index is 5.53. The van der Waals surface area contributed by atoms with Gasteiger partial charge in [0.1, 0.15) is 5.82 Å². The number of piperazine rings is 1. The Morgan fingerprint density at radius 1 is 1.07 bits per heavy atom. The zero-order valence-electron chi connectivity index (χ0n) is 15.9. The number of nitrogens with one attached hydrogen (secondary N) is 1. The van der Waals surface area contributed by atoms with Crippen LogP contribution in [0, 0.1) is 3.95 Å². The van der Waals surface area contributed by atoms with Crippen LogP contribution in [-0.2, 0) is 13.1 Å². The van der Waals surface area contributed by atoms with Crippen LogP contribution >= 0.6 is 23.6 Å². The first-order chi connectivity index (χ1) is 13.7. The van der Waals surface area contributed by atoms with E-state index in [4.69, 9.17) is 12.2 Å². The molecule has 4 rings (SSSR count). The van der Waals surface area contributed by atoms with E-state index in [1.165, 1.54) is 16.9 Å². The molecule has 0 radical (unpaired) electrons. The van der Waals surface area contributed by atoms with Gasteiger partial charge in [0.15, 0.2) is 3.95 Å². The zero-order chi connectivity index (χ0) is 19.3. The van der Waals surface area contributed by atoms with Crippen LogP contribution in [-0.4, -0.2) is 45.8 Å². The van der Waals surface area contributed by atoms with Crippen LogP contribution in [0.25, 0.3) is 0 Å². The molecule has 0 saturated carbocycles. The number of pyridine rings is 1. The van der Waals surface area contributed by atoms with Gasteiger partial charge in [-0.05, 0) is 48.5 Å². The van der Waals surface area contributed by atoms with Crippen LogP contribution < -0.4 is 10.2 Å². The second-order valence-corrected chi connectivity index (χ2v) is 8.41. The normalized spacial score (nSPS) is 15.0. The fourth-order valence-electron chi connectivity index (χ4n) is 3.24. The van der Waals surface area contributed by atoms with E-state index >= 15 is 0 Å². The molecule has 6 nitrogen and oxygen atoms in total. The highest BCUT2D eigenvalue weighted by atomic mass is 32.1. The van der Waals surface area contributed by atoms with Gasteiger partial charge < -0.3 is 10.2 Å². The fraction of sp³-hybridized carbons (Fsp3) is 0.350. The summed E-state index contributed by atoms with van der Waals surface area (Å²) >= 11 is 7.04. The van der Waals surface area contributed by atoms with E-state index in [1.54, 1.807) is 0 Å². The number of nitrogens with zero attached hydrogens (tertiary/aromatic N) is 5. The molecule has 0 unspecified atom stereocenters. The summed E-state index contributed by atoms with van der Waals surface area (Å²) in [6.07, 6.45) is 2.89. The molecule has 2 aromatic heterocycles. The summed E-state index contributed by atoms with van der Waals surface area (Å²) in [5.74, 6) is 1.05. The van der Waals surface area contributed by atoms with Crippen molar-refractivity contribution in [3.05, 3.63) is 58.2 Å². The minimum Gasteiger partial charge on any atom is -0.354 e. The Bertz CT molecular complexity index is 943. The van der Waals surface area contributed by atoms with Crippen LogP contribution in [0.15, 0.2) is 48.7 Å². The first-order valence-corrected chi connectivity index (χ1v) is 10.8. The molecule has 8 heteroatoms. The van der Waals surface area contributed by atoms with Gasteiger partial charge in [-0.3, -0.25) is 4.90 Å². The van der Waals surface area contributed by atoms with Gasteiger partial charge >= 0.3 is 0 Å². The number of rotatable bonds is 6. The second-order valence-electron chi connectivity index (χ2n) is 6.78. The Balaban J connectivity index is 1.35. The summed E-state index contributed by atoms with van der Waals surface area (Å²) in [7, 11) is 0. The van der Waals surface area contributed by atoms with Gasteiger partial charge in [0.25, 0.3) is 0 Å². The number of aromatic nitrogens is 3. The van der Waals surface area contributed by atoms with Gasteiger partial charge in [-0.25, -0.2) is 9.67 Å². The molecular weight excluding hydrogens is 388 g/mol. The van der Waals surface area contributed by atoms with Gasteiger partial charge in [0.2, 0.25) is 5.13 Å². The monoisotopic (exact) mass is 412 g/mol. The van der Waals surface area contributed by atoms with Crippen molar-refractivity contribution in [2.75, 3.05) is 36.4 Å². The van der Waals surface area contributed by atoms with Crippen molar-refractivity contribution in [2.45, 2.75) is 20.0 Å². The average Bonchev–Trinajstić information content (AvgIpc) is 3.08. The summed E-state index contributed by atoms with van der Waals surface area (Å²) in [5.41, 5.74) is 2.37. The molecule has 0 atom stereocenters. The first kappa shape index (κ1) is 19.0. The van der Waals surface area contributed by atoms with E-state index in [-0.39, 0.29) is 0 Å². The summed E-state index contributed by atoms with van der Waals surface area (Å²) in [4.78, 5) is 9.15. The zero-order valence-corrected chi connectivity index (χ0v) is 17.5. The van der Waals surface area contributed by atoms with Crippen molar-refractivity contribution in [3.8, 4) is 0 Å². The van der Waals surface area contributed by atoms with Crippen molar-refractivity contribution in [2.24, 2.45) is 0 Å². The molecule has 0 spiro atoms. The number of anilines is 3. The maximum absolute atomic E-state index is 5.53. The minimum absolute atomic E-state index is 0.724. The lowest BCUT2D eigenvalue weighted by Gasteiger charge is -2.35. The number of hydrogen-bond acceptors (Lipinski definition) is 7. The van der Waals surface area contributed by atoms with Crippen LogP contribution in [0.3, 0.4) is 0 Å². The average molecular weight is 413 g/mol. The third-order valence-electron chi connectivity index (χ3n) is 4.90. The fourth-order valence-corrected chi connectivity index (χ4v) is 4.25. The summed E-state index contributed by atoms with van der Waals surface area (Å²) in [6.45, 7) is 6.74. The molecule has 0 bridgehead atoms. The molecule has 3 heterocycles. The molecule has 0 aliphatic carbocycles. The Morgan fingerprint density at radius 2 is 1.86 bits per heavy atom. The predicted molar refractivity (Wildman–Crippen MR) is 118 cm³/mol. The van der Waals surface area contributed by atoms with Gasteiger partial charge in [0, 0.05) is 38.1 Å². The highest BCUT2D eigenvalue weighted by molar-refractivity contribution is 7.73. The Morgan fingerprint density at radius 3 is 2.54 bits per heavy atom. The quantitative estimate of drug-likeness (QED) is 0.614. The van der Waals surface area contributed by atoms with E-state index in [1.807, 2.05) is 23.0 Å². The van der Waals surface area contributed by atoms with Crippen LogP contribution in [0.4, 0.5) is 16.6 Å². The number of hydrogen-bond donors (Lipinski definition) is 1.